The minimum atomic E-state index is -2.07. The number of rotatable bonds is 8. The molecule has 0 saturated carbocycles. The monoisotopic (exact) mass is 559 g/mol. The van der Waals surface area contributed by atoms with Gasteiger partial charge in [-0.15, -0.1) is 0 Å². The summed E-state index contributed by atoms with van der Waals surface area (Å²) in [5.41, 5.74) is 0. The molecule has 15 atom stereocenters. The van der Waals surface area contributed by atoms with Crippen LogP contribution in [0, 0.1) is 0 Å². The van der Waals surface area contributed by atoms with E-state index < -0.39 is 117 Å². The topological polar surface area (TPSA) is 295 Å². The molecule has 11 N–H and O–H groups in total. The molecule has 3 aliphatic heterocycles. The van der Waals surface area contributed by atoms with Crippen molar-refractivity contribution >= 4 is 11.9 Å². The summed E-state index contributed by atoms with van der Waals surface area (Å²) in [6.07, 6.45) is -25.4. The second-order valence-electron chi connectivity index (χ2n) is 9.11. The Morgan fingerprint density at radius 2 is 1.29 bits per heavy atom. The standard InChI is InChI=1S/C20H33NO17/c1-4(24)21-7-9(26)14(37-20-13(30)10(27)8(25)5(2-22)34-20)6(3-23)35-19(7)38-15-11(28)12(29)18(33)36-16(15)17(31)32/h5-16,18-20,22-23,25-30,33H,2-3H2,1H3,(H,21,24)(H,31,32)/t5-,6-,7-,8+,9-,10+,11-,12-,13-,14-,15+,16+,18?,19-,20-/m1/s1. The van der Waals surface area contributed by atoms with E-state index in [-0.39, 0.29) is 0 Å². The highest BCUT2D eigenvalue weighted by Gasteiger charge is 2.54. The Labute approximate surface area is 214 Å². The molecule has 0 radical (unpaired) electrons. The molecule has 3 aliphatic rings. The number of carboxylic acids is 1. The molecule has 1 amide bonds. The Kier molecular flexibility index (Phi) is 10.3. The molecular formula is C20H33NO17. The second-order valence-corrected chi connectivity index (χ2v) is 9.11. The van der Waals surface area contributed by atoms with Crippen molar-refractivity contribution in [3.8, 4) is 0 Å². The van der Waals surface area contributed by atoms with Gasteiger partial charge in [0.2, 0.25) is 5.91 Å². The highest BCUT2D eigenvalue weighted by atomic mass is 16.7. The number of aliphatic hydroxyl groups is 9. The first-order valence-corrected chi connectivity index (χ1v) is 11.6. The van der Waals surface area contributed by atoms with Gasteiger partial charge in [-0.3, -0.25) is 4.79 Å². The van der Waals surface area contributed by atoms with Gasteiger partial charge in [0.25, 0.3) is 0 Å². The summed E-state index contributed by atoms with van der Waals surface area (Å²) >= 11 is 0. The summed E-state index contributed by atoms with van der Waals surface area (Å²) in [4.78, 5) is 23.5. The lowest BCUT2D eigenvalue weighted by molar-refractivity contribution is -0.362. The lowest BCUT2D eigenvalue weighted by atomic mass is 9.94. The molecule has 3 saturated heterocycles. The zero-order valence-electron chi connectivity index (χ0n) is 19.9. The number of hydrogen-bond donors (Lipinski definition) is 11. The van der Waals surface area contributed by atoms with E-state index >= 15 is 0 Å². The predicted octanol–water partition coefficient (Wildman–Crippen LogP) is -7.34. The van der Waals surface area contributed by atoms with Crippen LogP contribution in [0.1, 0.15) is 6.92 Å². The highest BCUT2D eigenvalue weighted by molar-refractivity contribution is 5.74. The van der Waals surface area contributed by atoms with E-state index in [0.717, 1.165) is 6.92 Å². The summed E-state index contributed by atoms with van der Waals surface area (Å²) in [7, 11) is 0. The fourth-order valence-electron chi connectivity index (χ4n) is 4.43. The normalized spacial score (nSPS) is 47.9. The molecule has 38 heavy (non-hydrogen) atoms. The van der Waals surface area contributed by atoms with E-state index in [2.05, 4.69) is 5.32 Å². The van der Waals surface area contributed by atoms with Crippen LogP contribution in [0.15, 0.2) is 0 Å². The largest absolute Gasteiger partial charge is 0.479 e. The molecular weight excluding hydrogens is 526 g/mol. The molecule has 0 aromatic heterocycles. The van der Waals surface area contributed by atoms with Gasteiger partial charge in [-0.25, -0.2) is 4.79 Å². The Balaban J connectivity index is 1.85. The molecule has 220 valence electrons. The molecule has 0 aromatic carbocycles. The van der Waals surface area contributed by atoms with Gasteiger partial charge in [0.05, 0.1) is 13.2 Å². The van der Waals surface area contributed by atoms with Gasteiger partial charge in [0.1, 0.15) is 67.1 Å². The molecule has 0 bridgehead atoms. The highest BCUT2D eigenvalue weighted by Crippen LogP contribution is 2.32. The average Bonchev–Trinajstić information content (AvgIpc) is 2.87. The van der Waals surface area contributed by atoms with Crippen LogP contribution in [0.25, 0.3) is 0 Å². The third-order valence-corrected chi connectivity index (χ3v) is 6.46. The molecule has 3 heterocycles. The minimum absolute atomic E-state index is 0.744. The van der Waals surface area contributed by atoms with Gasteiger partial charge < -0.3 is 80.1 Å². The number of amides is 1. The van der Waals surface area contributed by atoms with Gasteiger partial charge in [0, 0.05) is 6.92 Å². The van der Waals surface area contributed by atoms with Crippen molar-refractivity contribution in [2.45, 2.75) is 99.0 Å². The van der Waals surface area contributed by atoms with Gasteiger partial charge in [-0.2, -0.15) is 0 Å². The summed E-state index contributed by atoms with van der Waals surface area (Å²) in [6, 6.07) is -1.59. The van der Waals surface area contributed by atoms with Gasteiger partial charge in [0.15, 0.2) is 25.0 Å². The van der Waals surface area contributed by atoms with Gasteiger partial charge in [-0.05, 0) is 0 Å². The Hall–Kier alpha value is -1.62. The van der Waals surface area contributed by atoms with Crippen molar-refractivity contribution < 1.29 is 84.3 Å². The van der Waals surface area contributed by atoms with Crippen LogP contribution in [-0.4, -0.2) is 168 Å². The van der Waals surface area contributed by atoms with Crippen molar-refractivity contribution in [1.29, 1.82) is 0 Å². The number of carbonyl (C=O) groups excluding carboxylic acids is 1. The third-order valence-electron chi connectivity index (χ3n) is 6.46. The van der Waals surface area contributed by atoms with Crippen molar-refractivity contribution in [3.63, 3.8) is 0 Å². The van der Waals surface area contributed by atoms with Crippen LogP contribution in [0.3, 0.4) is 0 Å². The predicted molar refractivity (Wildman–Crippen MR) is 113 cm³/mol. The maximum Gasteiger partial charge on any atom is 0.335 e. The van der Waals surface area contributed by atoms with Crippen molar-refractivity contribution in [3.05, 3.63) is 0 Å². The van der Waals surface area contributed by atoms with Crippen molar-refractivity contribution in [1.82, 2.24) is 5.32 Å². The van der Waals surface area contributed by atoms with Crippen molar-refractivity contribution in [2.75, 3.05) is 13.2 Å². The maximum atomic E-state index is 11.9. The van der Waals surface area contributed by atoms with Crippen LogP contribution < -0.4 is 5.32 Å². The van der Waals surface area contributed by atoms with Crippen LogP contribution in [0.5, 0.6) is 0 Å². The fourth-order valence-corrected chi connectivity index (χ4v) is 4.43. The number of ether oxygens (including phenoxy) is 5. The van der Waals surface area contributed by atoms with Crippen LogP contribution >= 0.6 is 0 Å². The Morgan fingerprint density at radius 1 is 0.711 bits per heavy atom. The number of carbonyl (C=O) groups is 2. The summed E-state index contributed by atoms with van der Waals surface area (Å²) in [5.74, 6) is -2.44. The van der Waals surface area contributed by atoms with E-state index in [4.69, 9.17) is 23.7 Å². The molecule has 18 nitrogen and oxygen atoms in total. The zero-order chi connectivity index (χ0) is 28.5. The quantitative estimate of drug-likeness (QED) is 0.132. The van der Waals surface area contributed by atoms with Crippen LogP contribution in [0.4, 0.5) is 0 Å². The number of aliphatic carboxylic acids is 1. The molecule has 1 unspecified atom stereocenters. The first kappa shape index (κ1) is 30.9. The van der Waals surface area contributed by atoms with E-state index in [1.54, 1.807) is 0 Å². The first-order chi connectivity index (χ1) is 17.8. The lowest BCUT2D eigenvalue weighted by Gasteiger charge is -2.48. The summed E-state index contributed by atoms with van der Waals surface area (Å²) in [5, 5.41) is 102. The molecule has 0 aromatic rings. The van der Waals surface area contributed by atoms with Gasteiger partial charge in [-0.1, -0.05) is 0 Å². The minimum Gasteiger partial charge on any atom is -0.479 e. The number of aliphatic hydroxyl groups excluding tert-OH is 9. The lowest BCUT2D eigenvalue weighted by Crippen LogP contribution is -2.69. The zero-order valence-corrected chi connectivity index (χ0v) is 19.9. The van der Waals surface area contributed by atoms with E-state index in [9.17, 15) is 60.7 Å². The van der Waals surface area contributed by atoms with E-state index in [1.165, 1.54) is 0 Å². The second kappa shape index (κ2) is 12.7. The number of nitrogens with one attached hydrogen (secondary N) is 1. The molecule has 3 fully saturated rings. The summed E-state index contributed by atoms with van der Waals surface area (Å²) in [6.45, 7) is -0.618. The fraction of sp³-hybridized carbons (Fsp3) is 0.900. The Bertz CT molecular complexity index is 816. The maximum absolute atomic E-state index is 11.9. The number of hydrogen-bond acceptors (Lipinski definition) is 16. The average molecular weight is 559 g/mol. The van der Waals surface area contributed by atoms with Crippen molar-refractivity contribution in [2.24, 2.45) is 0 Å². The molecule has 0 spiro atoms. The first-order valence-electron chi connectivity index (χ1n) is 11.6. The smallest absolute Gasteiger partial charge is 0.335 e. The molecule has 3 rings (SSSR count). The van der Waals surface area contributed by atoms with Gasteiger partial charge >= 0.3 is 5.97 Å². The Morgan fingerprint density at radius 3 is 1.84 bits per heavy atom. The number of carboxylic acid groups (broad SMARTS) is 1. The molecule has 0 aliphatic carbocycles. The molecule has 18 heteroatoms. The SMILES string of the molecule is CC(=O)N[C@H]1[C@@H](O[C@H]2[C@H](O)[C@@H](O)C(O)O[C@@H]2C(=O)O)O[C@H](CO)[C@@H](O[C@H]2O[C@H](CO)[C@H](O)[C@H](O)[C@H]2O)[C@@H]1O. The summed E-state index contributed by atoms with van der Waals surface area (Å²) < 4.78 is 26.6. The van der Waals surface area contributed by atoms with Crippen LogP contribution in [-0.2, 0) is 33.3 Å². The third kappa shape index (κ3) is 6.24. The van der Waals surface area contributed by atoms with E-state index in [1.807, 2.05) is 0 Å². The van der Waals surface area contributed by atoms with E-state index in [0.29, 0.717) is 0 Å². The van der Waals surface area contributed by atoms with Crippen LogP contribution in [0.2, 0.25) is 0 Å².